The number of benzene rings is 2. The van der Waals surface area contributed by atoms with Crippen molar-refractivity contribution in [2.24, 2.45) is 0 Å². The number of halogens is 1. The molecule has 0 bridgehead atoms. The fraction of sp³-hybridized carbons (Fsp3) is 0.304. The van der Waals surface area contributed by atoms with Crippen LogP contribution in [0.15, 0.2) is 54.7 Å². The zero-order chi connectivity index (χ0) is 20.9. The van der Waals surface area contributed by atoms with E-state index in [1.54, 1.807) is 7.11 Å². The van der Waals surface area contributed by atoms with E-state index in [0.717, 1.165) is 48.5 Å². The highest BCUT2D eigenvalue weighted by molar-refractivity contribution is 6.01. The number of piperazine rings is 1. The number of nitrogens with one attached hydrogen (secondary N) is 1. The van der Waals surface area contributed by atoms with Gasteiger partial charge in [-0.25, -0.2) is 9.37 Å². The largest absolute Gasteiger partial charge is 0.383 e. The first kappa shape index (κ1) is 20.1. The van der Waals surface area contributed by atoms with Crippen molar-refractivity contribution in [3.05, 3.63) is 66.1 Å². The first-order valence-corrected chi connectivity index (χ1v) is 10.1. The van der Waals surface area contributed by atoms with Crippen molar-refractivity contribution >= 4 is 28.2 Å². The molecule has 1 amide bonds. The Bertz CT molecular complexity index is 1020. The predicted octanol–water partition coefficient (Wildman–Crippen LogP) is 3.08. The van der Waals surface area contributed by atoms with E-state index in [9.17, 15) is 9.18 Å². The normalized spacial score (nSPS) is 14.2. The Morgan fingerprint density at radius 1 is 1.07 bits per heavy atom. The fourth-order valence-electron chi connectivity index (χ4n) is 3.74. The first-order valence-electron chi connectivity index (χ1n) is 10.1. The van der Waals surface area contributed by atoms with Gasteiger partial charge in [0.15, 0.2) is 0 Å². The van der Waals surface area contributed by atoms with Gasteiger partial charge in [0.25, 0.3) is 5.91 Å². The number of pyridine rings is 1. The van der Waals surface area contributed by atoms with Gasteiger partial charge in [0.05, 0.1) is 6.61 Å². The minimum atomic E-state index is -0.223. The minimum absolute atomic E-state index is 0.120. The van der Waals surface area contributed by atoms with E-state index < -0.39 is 0 Å². The van der Waals surface area contributed by atoms with Crippen LogP contribution in [0.3, 0.4) is 0 Å². The van der Waals surface area contributed by atoms with E-state index in [0.29, 0.717) is 18.7 Å². The van der Waals surface area contributed by atoms with Crippen molar-refractivity contribution in [2.45, 2.75) is 0 Å². The van der Waals surface area contributed by atoms with Crippen LogP contribution in [0.25, 0.3) is 10.8 Å². The maximum Gasteiger partial charge on any atom is 0.251 e. The average molecular weight is 408 g/mol. The molecule has 30 heavy (non-hydrogen) atoms. The average Bonchev–Trinajstić information content (AvgIpc) is 2.79. The van der Waals surface area contributed by atoms with Crippen molar-refractivity contribution in [3.8, 4) is 0 Å². The van der Waals surface area contributed by atoms with Gasteiger partial charge in [-0.2, -0.15) is 0 Å². The molecule has 1 N–H and O–H groups in total. The molecule has 1 fully saturated rings. The molecule has 156 valence electrons. The summed E-state index contributed by atoms with van der Waals surface area (Å²) in [7, 11) is 1.61. The third-order valence-corrected chi connectivity index (χ3v) is 5.37. The van der Waals surface area contributed by atoms with Crippen LogP contribution in [-0.2, 0) is 4.74 Å². The summed E-state index contributed by atoms with van der Waals surface area (Å²) in [4.78, 5) is 21.6. The van der Waals surface area contributed by atoms with Gasteiger partial charge in [-0.3, -0.25) is 4.79 Å². The molecule has 1 aliphatic rings. The maximum absolute atomic E-state index is 13.2. The van der Waals surface area contributed by atoms with Crippen LogP contribution in [0.4, 0.5) is 15.9 Å². The first-order chi connectivity index (χ1) is 14.7. The number of carbonyl (C=O) groups is 1. The molecule has 4 rings (SSSR count). The Hall–Kier alpha value is -3.19. The maximum atomic E-state index is 13.2. The number of ether oxygens (including phenoxy) is 1. The van der Waals surface area contributed by atoms with Crippen molar-refractivity contribution in [1.82, 2.24) is 10.3 Å². The molecule has 6 nitrogen and oxygen atoms in total. The van der Waals surface area contributed by atoms with Crippen molar-refractivity contribution in [3.63, 3.8) is 0 Å². The minimum Gasteiger partial charge on any atom is -0.383 e. The Morgan fingerprint density at radius 3 is 2.53 bits per heavy atom. The van der Waals surface area contributed by atoms with Crippen molar-refractivity contribution in [2.75, 3.05) is 56.2 Å². The molecule has 0 unspecified atom stereocenters. The lowest BCUT2D eigenvalue weighted by molar-refractivity contribution is 0.0937. The Labute approximate surface area is 175 Å². The van der Waals surface area contributed by atoms with Crippen molar-refractivity contribution in [1.29, 1.82) is 0 Å². The molecule has 3 aromatic rings. The molecule has 0 atom stereocenters. The highest BCUT2D eigenvalue weighted by atomic mass is 19.1. The third kappa shape index (κ3) is 4.36. The standard InChI is InChI=1S/C23H25FN4O2/c1-30-15-10-26-23(29)18-3-2-17-8-9-25-22(21(17)16-18)28-13-11-27(12-14-28)20-6-4-19(24)5-7-20/h2-9,16H,10-15H2,1H3,(H,26,29). The molecule has 0 radical (unpaired) electrons. The van der Waals surface area contributed by atoms with Gasteiger partial charge in [-0.15, -0.1) is 0 Å². The molecule has 0 saturated carbocycles. The van der Waals surface area contributed by atoms with Crippen LogP contribution in [0.2, 0.25) is 0 Å². The summed E-state index contributed by atoms with van der Waals surface area (Å²) in [5.41, 5.74) is 1.63. The van der Waals surface area contributed by atoms with Gasteiger partial charge in [-0.1, -0.05) is 6.07 Å². The summed E-state index contributed by atoms with van der Waals surface area (Å²) in [6.07, 6.45) is 1.81. The summed E-state index contributed by atoms with van der Waals surface area (Å²) >= 11 is 0. The van der Waals surface area contributed by atoms with Gasteiger partial charge in [0.2, 0.25) is 0 Å². The van der Waals surface area contributed by atoms with E-state index in [-0.39, 0.29) is 11.7 Å². The van der Waals surface area contributed by atoms with Crippen LogP contribution in [0.5, 0.6) is 0 Å². The van der Waals surface area contributed by atoms with Gasteiger partial charge < -0.3 is 19.9 Å². The SMILES string of the molecule is COCCNC(=O)c1ccc2ccnc(N3CCN(c4ccc(F)cc4)CC3)c2c1. The number of anilines is 2. The number of hydrogen-bond donors (Lipinski definition) is 1. The Kier molecular flexibility index (Phi) is 6.09. The predicted molar refractivity (Wildman–Crippen MR) is 117 cm³/mol. The summed E-state index contributed by atoms with van der Waals surface area (Å²) in [6.45, 7) is 4.19. The second-order valence-corrected chi connectivity index (χ2v) is 7.27. The lowest BCUT2D eigenvalue weighted by atomic mass is 10.1. The third-order valence-electron chi connectivity index (χ3n) is 5.37. The second kappa shape index (κ2) is 9.09. The molecule has 2 aromatic carbocycles. The van der Waals surface area contributed by atoms with E-state index in [1.165, 1.54) is 12.1 Å². The summed E-state index contributed by atoms with van der Waals surface area (Å²) in [5.74, 6) is 0.544. The van der Waals surface area contributed by atoms with Gasteiger partial charge in [-0.05, 0) is 47.9 Å². The topological polar surface area (TPSA) is 57.7 Å². The summed E-state index contributed by atoms with van der Waals surface area (Å²) < 4.78 is 18.2. The molecule has 2 heterocycles. The number of fused-ring (bicyclic) bond motifs is 1. The molecule has 1 aliphatic heterocycles. The zero-order valence-corrected chi connectivity index (χ0v) is 17.0. The lowest BCUT2D eigenvalue weighted by Gasteiger charge is -2.37. The number of rotatable bonds is 6. The number of methoxy groups -OCH3 is 1. The number of aromatic nitrogens is 1. The quantitative estimate of drug-likeness (QED) is 0.636. The van der Waals surface area contributed by atoms with Gasteiger partial charge in [0.1, 0.15) is 11.6 Å². The highest BCUT2D eigenvalue weighted by Gasteiger charge is 2.20. The molecule has 1 aromatic heterocycles. The van der Waals surface area contributed by atoms with Crippen LogP contribution in [0.1, 0.15) is 10.4 Å². The van der Waals surface area contributed by atoms with Crippen LogP contribution < -0.4 is 15.1 Å². The molecular weight excluding hydrogens is 383 g/mol. The molecule has 1 saturated heterocycles. The highest BCUT2D eigenvalue weighted by Crippen LogP contribution is 2.27. The molecule has 7 heteroatoms. The molecular formula is C23H25FN4O2. The van der Waals surface area contributed by atoms with E-state index in [1.807, 2.05) is 42.6 Å². The van der Waals surface area contributed by atoms with Crippen LogP contribution >= 0.6 is 0 Å². The monoisotopic (exact) mass is 408 g/mol. The summed E-state index contributed by atoms with van der Waals surface area (Å²) in [5, 5.41) is 4.88. The Balaban J connectivity index is 1.51. The Morgan fingerprint density at radius 2 is 1.80 bits per heavy atom. The van der Waals surface area contributed by atoms with Crippen LogP contribution in [0, 0.1) is 5.82 Å². The number of nitrogens with zero attached hydrogens (tertiary/aromatic N) is 3. The fourth-order valence-corrected chi connectivity index (χ4v) is 3.74. The second-order valence-electron chi connectivity index (χ2n) is 7.27. The van der Waals surface area contributed by atoms with E-state index in [2.05, 4.69) is 20.1 Å². The smallest absolute Gasteiger partial charge is 0.251 e. The summed E-state index contributed by atoms with van der Waals surface area (Å²) in [6, 6.07) is 14.3. The van der Waals surface area contributed by atoms with E-state index in [4.69, 9.17) is 4.74 Å². The number of carbonyl (C=O) groups excluding carboxylic acids is 1. The molecule has 0 aliphatic carbocycles. The lowest BCUT2D eigenvalue weighted by Crippen LogP contribution is -2.46. The zero-order valence-electron chi connectivity index (χ0n) is 17.0. The van der Waals surface area contributed by atoms with Gasteiger partial charge >= 0.3 is 0 Å². The number of hydrogen-bond acceptors (Lipinski definition) is 5. The van der Waals surface area contributed by atoms with E-state index >= 15 is 0 Å². The van der Waals surface area contributed by atoms with Crippen molar-refractivity contribution < 1.29 is 13.9 Å². The number of amides is 1. The molecule has 0 spiro atoms. The van der Waals surface area contributed by atoms with Gasteiger partial charge in [0, 0.05) is 62.7 Å². The van der Waals surface area contributed by atoms with Crippen LogP contribution in [-0.4, -0.2) is 57.3 Å².